The van der Waals surface area contributed by atoms with E-state index in [0.717, 1.165) is 22.4 Å². The number of benzene rings is 1. The number of nitrogens with zero attached hydrogens (tertiary/aromatic N) is 2. The van der Waals surface area contributed by atoms with Crippen LogP contribution in [0, 0.1) is 0 Å². The van der Waals surface area contributed by atoms with Crippen LogP contribution in [0.2, 0.25) is 0 Å². The number of imidazole rings is 1. The number of rotatable bonds is 4. The van der Waals surface area contributed by atoms with Gasteiger partial charge in [0.25, 0.3) is 0 Å². The van der Waals surface area contributed by atoms with Gasteiger partial charge in [0.05, 0.1) is 17.6 Å². The van der Waals surface area contributed by atoms with Gasteiger partial charge in [-0.1, -0.05) is 19.9 Å². The van der Waals surface area contributed by atoms with Crippen molar-refractivity contribution in [3.63, 3.8) is 0 Å². The molecule has 1 heterocycles. The van der Waals surface area contributed by atoms with Crippen LogP contribution in [0.3, 0.4) is 0 Å². The largest absolute Gasteiger partial charge is 0.351 e. The number of aryl methyl sites for hydroxylation is 1. The lowest BCUT2D eigenvalue weighted by atomic mass is 10.2. The second-order valence-corrected chi connectivity index (χ2v) is 4.99. The minimum absolute atomic E-state index is 0.0172. The monoisotopic (exact) mass is 260 g/mol. The third-order valence-electron chi connectivity index (χ3n) is 3.17. The van der Waals surface area contributed by atoms with Crippen LogP contribution in [-0.4, -0.2) is 22.0 Å². The number of hydrogen-bond donors (Lipinski definition) is 2. The van der Waals surface area contributed by atoms with Crippen LogP contribution in [0.1, 0.15) is 31.2 Å². The first-order valence-corrected chi connectivity index (χ1v) is 6.45. The van der Waals surface area contributed by atoms with E-state index in [-0.39, 0.29) is 12.5 Å². The normalized spacial score (nSPS) is 11.2. The van der Waals surface area contributed by atoms with Crippen LogP contribution < -0.4 is 11.1 Å². The molecule has 0 aliphatic carbocycles. The van der Waals surface area contributed by atoms with Gasteiger partial charge in [0.15, 0.2) is 0 Å². The van der Waals surface area contributed by atoms with Gasteiger partial charge in [-0.25, -0.2) is 4.98 Å². The van der Waals surface area contributed by atoms with E-state index in [2.05, 4.69) is 28.7 Å². The van der Waals surface area contributed by atoms with E-state index in [4.69, 9.17) is 5.73 Å². The summed E-state index contributed by atoms with van der Waals surface area (Å²) < 4.78 is 2.11. The third-order valence-corrected chi connectivity index (χ3v) is 3.17. The zero-order valence-electron chi connectivity index (χ0n) is 11.6. The molecule has 0 aliphatic heterocycles. The molecule has 0 spiro atoms. The summed E-state index contributed by atoms with van der Waals surface area (Å²) in [5.74, 6) is 1.31. The number of amides is 1. The van der Waals surface area contributed by atoms with E-state index < -0.39 is 0 Å². The summed E-state index contributed by atoms with van der Waals surface area (Å²) in [5, 5.41) is 2.76. The van der Waals surface area contributed by atoms with Gasteiger partial charge in [-0.05, 0) is 17.7 Å². The molecular weight excluding hydrogens is 240 g/mol. The minimum atomic E-state index is -0.149. The molecule has 0 fully saturated rings. The number of aromatic nitrogens is 2. The molecular formula is C14H20N4O. The summed E-state index contributed by atoms with van der Waals surface area (Å²) in [5.41, 5.74) is 8.36. The number of fused-ring (bicyclic) bond motifs is 1. The topological polar surface area (TPSA) is 72.9 Å². The Hall–Kier alpha value is -1.88. The molecule has 0 saturated carbocycles. The lowest BCUT2D eigenvalue weighted by Crippen LogP contribution is -2.29. The van der Waals surface area contributed by atoms with Gasteiger partial charge in [-0.3, -0.25) is 4.79 Å². The van der Waals surface area contributed by atoms with Gasteiger partial charge >= 0.3 is 0 Å². The summed E-state index contributed by atoms with van der Waals surface area (Å²) >= 11 is 0. The van der Waals surface area contributed by atoms with Gasteiger partial charge < -0.3 is 15.6 Å². The summed E-state index contributed by atoms with van der Waals surface area (Å²) in [6.45, 7) is 4.76. The highest BCUT2D eigenvalue weighted by atomic mass is 16.1. The van der Waals surface area contributed by atoms with Crippen molar-refractivity contribution in [3.05, 3.63) is 29.6 Å². The fourth-order valence-electron chi connectivity index (χ4n) is 2.16. The first-order valence-electron chi connectivity index (χ1n) is 6.45. The molecule has 0 atom stereocenters. The molecule has 5 heteroatoms. The zero-order chi connectivity index (χ0) is 14.0. The Balaban J connectivity index is 2.28. The van der Waals surface area contributed by atoms with E-state index >= 15 is 0 Å². The molecule has 102 valence electrons. The average molecular weight is 260 g/mol. The third kappa shape index (κ3) is 2.76. The smallest absolute Gasteiger partial charge is 0.234 e. The standard InChI is InChI=1S/C14H20N4O/c1-9(2)14-17-11-6-10(8-16-13(19)7-15)4-5-12(11)18(14)3/h4-6,9H,7-8,15H2,1-3H3,(H,16,19). The molecule has 2 rings (SSSR count). The van der Waals surface area contributed by atoms with Crippen LogP contribution in [0.5, 0.6) is 0 Å². The van der Waals surface area contributed by atoms with Crippen molar-refractivity contribution in [2.45, 2.75) is 26.3 Å². The second-order valence-electron chi connectivity index (χ2n) is 4.99. The Morgan fingerprint density at radius 1 is 1.47 bits per heavy atom. The fraction of sp³-hybridized carbons (Fsp3) is 0.429. The summed E-state index contributed by atoms with van der Waals surface area (Å²) in [6.07, 6.45) is 0. The first kappa shape index (κ1) is 13.5. The lowest BCUT2D eigenvalue weighted by molar-refractivity contribution is -0.119. The maximum absolute atomic E-state index is 11.1. The van der Waals surface area contributed by atoms with Crippen LogP contribution in [0.4, 0.5) is 0 Å². The fourth-order valence-corrected chi connectivity index (χ4v) is 2.16. The van der Waals surface area contributed by atoms with Crippen molar-refractivity contribution < 1.29 is 4.79 Å². The number of nitrogens with one attached hydrogen (secondary N) is 1. The van der Waals surface area contributed by atoms with Crippen molar-refractivity contribution in [1.29, 1.82) is 0 Å². The Bertz CT molecular complexity index is 601. The molecule has 0 unspecified atom stereocenters. The molecule has 3 N–H and O–H groups in total. The highest BCUT2D eigenvalue weighted by molar-refractivity contribution is 5.79. The van der Waals surface area contributed by atoms with Crippen LogP contribution in [0.15, 0.2) is 18.2 Å². The quantitative estimate of drug-likeness (QED) is 0.869. The molecule has 0 saturated heterocycles. The van der Waals surface area contributed by atoms with Crippen LogP contribution in [0.25, 0.3) is 11.0 Å². The first-order chi connectivity index (χ1) is 9.02. The molecule has 0 aliphatic rings. The lowest BCUT2D eigenvalue weighted by Gasteiger charge is -2.05. The maximum atomic E-state index is 11.1. The highest BCUT2D eigenvalue weighted by Gasteiger charge is 2.11. The van der Waals surface area contributed by atoms with Crippen molar-refractivity contribution in [3.8, 4) is 0 Å². The molecule has 0 radical (unpaired) electrons. The molecule has 2 aromatic rings. The van der Waals surface area contributed by atoms with Crippen LogP contribution in [-0.2, 0) is 18.4 Å². The summed E-state index contributed by atoms with van der Waals surface area (Å²) in [4.78, 5) is 15.8. The summed E-state index contributed by atoms with van der Waals surface area (Å²) in [7, 11) is 2.03. The van der Waals surface area contributed by atoms with E-state index in [1.807, 2.05) is 25.2 Å². The number of carbonyl (C=O) groups is 1. The Kier molecular flexibility index (Phi) is 3.85. The average Bonchev–Trinajstić information content (AvgIpc) is 2.73. The second kappa shape index (κ2) is 5.40. The van der Waals surface area contributed by atoms with E-state index in [1.165, 1.54) is 0 Å². The molecule has 1 aromatic carbocycles. The Labute approximate surface area is 112 Å². The van der Waals surface area contributed by atoms with Crippen molar-refractivity contribution >= 4 is 16.9 Å². The van der Waals surface area contributed by atoms with E-state index in [1.54, 1.807) is 0 Å². The SMILES string of the molecule is CC(C)c1nc2cc(CNC(=O)CN)ccc2n1C. The highest BCUT2D eigenvalue weighted by Crippen LogP contribution is 2.21. The predicted octanol–water partition coefficient (Wildman–Crippen LogP) is 1.27. The van der Waals surface area contributed by atoms with Crippen molar-refractivity contribution in [1.82, 2.24) is 14.9 Å². The predicted molar refractivity (Wildman–Crippen MR) is 75.7 cm³/mol. The van der Waals surface area contributed by atoms with Gasteiger partial charge in [-0.15, -0.1) is 0 Å². The van der Waals surface area contributed by atoms with Gasteiger partial charge in [0.2, 0.25) is 5.91 Å². The number of nitrogens with two attached hydrogens (primary N) is 1. The van der Waals surface area contributed by atoms with Gasteiger partial charge in [-0.2, -0.15) is 0 Å². The molecule has 1 amide bonds. The Morgan fingerprint density at radius 3 is 2.84 bits per heavy atom. The zero-order valence-corrected chi connectivity index (χ0v) is 11.6. The van der Waals surface area contributed by atoms with Crippen molar-refractivity contribution in [2.24, 2.45) is 12.8 Å². The van der Waals surface area contributed by atoms with Gasteiger partial charge in [0, 0.05) is 19.5 Å². The molecule has 0 bridgehead atoms. The van der Waals surface area contributed by atoms with E-state index in [9.17, 15) is 4.79 Å². The van der Waals surface area contributed by atoms with Crippen molar-refractivity contribution in [2.75, 3.05) is 6.54 Å². The number of carbonyl (C=O) groups excluding carboxylic acids is 1. The van der Waals surface area contributed by atoms with Gasteiger partial charge in [0.1, 0.15) is 5.82 Å². The molecule has 5 nitrogen and oxygen atoms in total. The minimum Gasteiger partial charge on any atom is -0.351 e. The Morgan fingerprint density at radius 2 is 2.21 bits per heavy atom. The molecule has 19 heavy (non-hydrogen) atoms. The summed E-state index contributed by atoms with van der Waals surface area (Å²) in [6, 6.07) is 6.06. The van der Waals surface area contributed by atoms with E-state index in [0.29, 0.717) is 12.5 Å². The number of hydrogen-bond acceptors (Lipinski definition) is 3. The maximum Gasteiger partial charge on any atom is 0.234 e. The van der Waals surface area contributed by atoms with Crippen LogP contribution >= 0.6 is 0 Å². The molecule has 1 aromatic heterocycles.